The number of amides is 1. The first-order chi connectivity index (χ1) is 13.6. The molecule has 0 spiro atoms. The molecule has 4 rings (SSSR count). The smallest absolute Gasteiger partial charge is 0.241 e. The number of piperidine rings is 1. The molecule has 4 heterocycles. The average Bonchev–Trinajstić information content (AvgIpc) is 3.23. The second kappa shape index (κ2) is 8.45. The van der Waals surface area contributed by atoms with Crippen LogP contribution in [0.3, 0.4) is 0 Å². The minimum Gasteiger partial charge on any atom is -0.370 e. The summed E-state index contributed by atoms with van der Waals surface area (Å²) in [6.07, 6.45) is 4.03. The third-order valence-corrected chi connectivity index (χ3v) is 6.76. The maximum Gasteiger partial charge on any atom is 0.241 e. The van der Waals surface area contributed by atoms with E-state index >= 15 is 0 Å². The first-order valence-electron chi connectivity index (χ1n) is 9.90. The second-order valence-electron chi connectivity index (χ2n) is 7.72. The van der Waals surface area contributed by atoms with Gasteiger partial charge >= 0.3 is 0 Å². The van der Waals surface area contributed by atoms with Gasteiger partial charge in [-0.3, -0.25) is 9.69 Å². The SMILES string of the molecule is CN1CCN(c2cc(NCC3CCCN(C)C3c3cccs3)ncn2)CC1=O. The number of anilines is 2. The zero-order valence-corrected chi connectivity index (χ0v) is 17.4. The van der Waals surface area contributed by atoms with Crippen LogP contribution in [0.4, 0.5) is 11.6 Å². The van der Waals surface area contributed by atoms with Gasteiger partial charge in [-0.05, 0) is 43.8 Å². The first-order valence-corrected chi connectivity index (χ1v) is 10.8. The Hall–Kier alpha value is -2.19. The molecule has 2 saturated heterocycles. The fourth-order valence-electron chi connectivity index (χ4n) is 4.19. The van der Waals surface area contributed by atoms with Crippen LogP contribution in [0, 0.1) is 5.92 Å². The van der Waals surface area contributed by atoms with E-state index in [9.17, 15) is 4.79 Å². The number of hydrogen-bond acceptors (Lipinski definition) is 7. The second-order valence-corrected chi connectivity index (χ2v) is 8.70. The Bertz CT molecular complexity index is 798. The highest BCUT2D eigenvalue weighted by molar-refractivity contribution is 7.10. The summed E-state index contributed by atoms with van der Waals surface area (Å²) >= 11 is 1.84. The summed E-state index contributed by atoms with van der Waals surface area (Å²) in [4.78, 5) is 28.5. The molecule has 0 aliphatic carbocycles. The average molecular weight is 401 g/mol. The van der Waals surface area contributed by atoms with Crippen molar-refractivity contribution in [3.63, 3.8) is 0 Å². The number of piperazine rings is 1. The molecule has 2 aliphatic heterocycles. The number of likely N-dealkylation sites (N-methyl/N-ethyl adjacent to an activating group) is 1. The summed E-state index contributed by atoms with van der Waals surface area (Å²) in [7, 11) is 4.07. The van der Waals surface area contributed by atoms with Crippen LogP contribution in [-0.2, 0) is 4.79 Å². The van der Waals surface area contributed by atoms with Gasteiger partial charge in [-0.15, -0.1) is 11.3 Å². The number of rotatable bonds is 5. The quantitative estimate of drug-likeness (QED) is 0.831. The van der Waals surface area contributed by atoms with Crippen molar-refractivity contribution in [2.24, 2.45) is 5.92 Å². The van der Waals surface area contributed by atoms with E-state index in [4.69, 9.17) is 0 Å². The van der Waals surface area contributed by atoms with Crippen molar-refractivity contribution in [1.82, 2.24) is 19.8 Å². The number of likely N-dealkylation sites (tertiary alicyclic amines) is 1. The summed E-state index contributed by atoms with van der Waals surface area (Å²) in [6.45, 7) is 3.93. The first kappa shape index (κ1) is 19.1. The van der Waals surface area contributed by atoms with Gasteiger partial charge < -0.3 is 15.1 Å². The van der Waals surface area contributed by atoms with Crippen molar-refractivity contribution in [3.05, 3.63) is 34.8 Å². The highest BCUT2D eigenvalue weighted by Crippen LogP contribution is 2.37. The van der Waals surface area contributed by atoms with Crippen molar-refractivity contribution in [3.8, 4) is 0 Å². The third kappa shape index (κ3) is 4.12. The fourth-order valence-corrected chi connectivity index (χ4v) is 5.17. The van der Waals surface area contributed by atoms with E-state index in [-0.39, 0.29) is 5.91 Å². The van der Waals surface area contributed by atoms with Crippen LogP contribution in [0.15, 0.2) is 29.9 Å². The molecule has 0 radical (unpaired) electrons. The summed E-state index contributed by atoms with van der Waals surface area (Å²) < 4.78 is 0. The highest BCUT2D eigenvalue weighted by atomic mass is 32.1. The lowest BCUT2D eigenvalue weighted by Gasteiger charge is -2.39. The summed E-state index contributed by atoms with van der Waals surface area (Å²) in [5.41, 5.74) is 0. The standard InChI is InChI=1S/C20H28N6OS/c1-24-8-9-26(13-19(24)27)18-11-17(22-14-23-18)21-12-15-5-3-7-25(2)20(15)16-6-4-10-28-16/h4,6,10-11,14-15,20H,3,5,7-9,12-13H2,1-2H3,(H,21,22,23). The van der Waals surface area contributed by atoms with Crippen LogP contribution < -0.4 is 10.2 Å². The van der Waals surface area contributed by atoms with E-state index in [1.807, 2.05) is 29.4 Å². The number of nitrogens with one attached hydrogen (secondary N) is 1. The highest BCUT2D eigenvalue weighted by Gasteiger charge is 2.31. The molecule has 2 atom stereocenters. The third-order valence-electron chi connectivity index (χ3n) is 5.82. The van der Waals surface area contributed by atoms with E-state index in [0.717, 1.165) is 37.8 Å². The van der Waals surface area contributed by atoms with Gasteiger partial charge in [0.25, 0.3) is 0 Å². The number of aromatic nitrogens is 2. The topological polar surface area (TPSA) is 64.6 Å². The van der Waals surface area contributed by atoms with Crippen LogP contribution in [0.1, 0.15) is 23.8 Å². The Kier molecular flexibility index (Phi) is 5.77. The van der Waals surface area contributed by atoms with Gasteiger partial charge in [0.1, 0.15) is 18.0 Å². The minimum atomic E-state index is 0.128. The molecule has 28 heavy (non-hydrogen) atoms. The number of hydrogen-bond donors (Lipinski definition) is 1. The van der Waals surface area contributed by atoms with Crippen molar-refractivity contribution in [2.45, 2.75) is 18.9 Å². The van der Waals surface area contributed by atoms with Crippen molar-refractivity contribution >= 4 is 28.9 Å². The Morgan fingerprint density at radius 2 is 2.14 bits per heavy atom. The molecule has 2 aromatic rings. The van der Waals surface area contributed by atoms with Crippen molar-refractivity contribution < 1.29 is 4.79 Å². The molecule has 0 aromatic carbocycles. The van der Waals surface area contributed by atoms with Crippen LogP contribution in [0.5, 0.6) is 0 Å². The Balaban J connectivity index is 1.42. The van der Waals surface area contributed by atoms with Gasteiger partial charge in [0, 0.05) is 43.7 Å². The monoisotopic (exact) mass is 400 g/mol. The van der Waals surface area contributed by atoms with Crippen molar-refractivity contribution in [2.75, 3.05) is 57.0 Å². The molecule has 7 nitrogen and oxygen atoms in total. The fraction of sp³-hybridized carbons (Fsp3) is 0.550. The van der Waals surface area contributed by atoms with Crippen LogP contribution >= 0.6 is 11.3 Å². The summed E-state index contributed by atoms with van der Waals surface area (Å²) in [6, 6.07) is 6.81. The zero-order valence-electron chi connectivity index (χ0n) is 16.5. The predicted molar refractivity (Wildman–Crippen MR) is 113 cm³/mol. The van der Waals surface area contributed by atoms with Crippen LogP contribution in [0.25, 0.3) is 0 Å². The molecular weight excluding hydrogens is 372 g/mol. The Morgan fingerprint density at radius 1 is 1.25 bits per heavy atom. The lowest BCUT2D eigenvalue weighted by molar-refractivity contribution is -0.129. The number of carbonyl (C=O) groups excluding carboxylic acids is 1. The molecule has 2 aliphatic rings. The lowest BCUT2D eigenvalue weighted by Crippen LogP contribution is -2.48. The zero-order chi connectivity index (χ0) is 19.5. The molecule has 8 heteroatoms. The van der Waals surface area contributed by atoms with Gasteiger partial charge in [0.2, 0.25) is 5.91 Å². The number of nitrogens with zero attached hydrogens (tertiary/aromatic N) is 5. The van der Waals surface area contributed by atoms with Gasteiger partial charge in [-0.25, -0.2) is 9.97 Å². The van der Waals surface area contributed by atoms with E-state index < -0.39 is 0 Å². The molecule has 1 N–H and O–H groups in total. The molecule has 2 unspecified atom stereocenters. The maximum absolute atomic E-state index is 12.0. The van der Waals surface area contributed by atoms with Gasteiger partial charge in [-0.1, -0.05) is 6.07 Å². The summed E-state index contributed by atoms with van der Waals surface area (Å²) in [5.74, 6) is 2.31. The normalized spacial score (nSPS) is 23.9. The van der Waals surface area contributed by atoms with Gasteiger partial charge in [-0.2, -0.15) is 0 Å². The maximum atomic E-state index is 12.0. The molecule has 2 fully saturated rings. The number of thiophene rings is 1. The largest absolute Gasteiger partial charge is 0.370 e. The molecule has 0 bridgehead atoms. The molecule has 0 saturated carbocycles. The Morgan fingerprint density at radius 3 is 2.93 bits per heavy atom. The van der Waals surface area contributed by atoms with E-state index in [0.29, 0.717) is 18.5 Å². The number of carbonyl (C=O) groups is 1. The van der Waals surface area contributed by atoms with Crippen LogP contribution in [0.2, 0.25) is 0 Å². The van der Waals surface area contributed by atoms with Gasteiger partial charge in [0.05, 0.1) is 6.54 Å². The van der Waals surface area contributed by atoms with E-state index in [2.05, 4.69) is 44.7 Å². The minimum absolute atomic E-state index is 0.128. The predicted octanol–water partition coefficient (Wildman–Crippen LogP) is 2.31. The van der Waals surface area contributed by atoms with Crippen molar-refractivity contribution in [1.29, 1.82) is 0 Å². The lowest BCUT2D eigenvalue weighted by atomic mass is 9.88. The summed E-state index contributed by atoms with van der Waals surface area (Å²) in [5, 5.41) is 5.69. The van der Waals surface area contributed by atoms with Gasteiger partial charge in [0.15, 0.2) is 0 Å². The van der Waals surface area contributed by atoms with E-state index in [1.165, 1.54) is 17.7 Å². The van der Waals surface area contributed by atoms with Crippen LogP contribution in [-0.4, -0.2) is 72.5 Å². The molecule has 150 valence electrons. The Labute approximate surface area is 170 Å². The molecular formula is C20H28N6OS. The molecule has 1 amide bonds. The van der Waals surface area contributed by atoms with E-state index in [1.54, 1.807) is 11.2 Å². The molecule has 2 aromatic heterocycles.